The largest absolute Gasteiger partial charge is 0.481 e. The predicted octanol–water partition coefficient (Wildman–Crippen LogP) is 2.05. The summed E-state index contributed by atoms with van der Waals surface area (Å²) in [7, 11) is 0. The van der Waals surface area contributed by atoms with E-state index >= 15 is 0 Å². The fourth-order valence-electron chi connectivity index (χ4n) is 2.21. The van der Waals surface area contributed by atoms with Crippen molar-refractivity contribution in [2.45, 2.75) is 25.2 Å². The number of nitrogens with one attached hydrogen (secondary N) is 1. The zero-order valence-corrected chi connectivity index (χ0v) is 10.7. The molecule has 2 N–H and O–H groups in total. The van der Waals surface area contributed by atoms with E-state index < -0.39 is 17.6 Å². The van der Waals surface area contributed by atoms with Gasteiger partial charge in [0.05, 0.1) is 0 Å². The summed E-state index contributed by atoms with van der Waals surface area (Å²) in [6, 6.07) is 3.23. The first kappa shape index (κ1) is 14.4. The SMILES string of the molecule is O=C(O)CCCNC(=O)[C@H]1C[C@@H]1c1cc(F)ccc1F. The summed E-state index contributed by atoms with van der Waals surface area (Å²) in [6.45, 7) is 0.278. The minimum absolute atomic E-state index is 0.00704. The molecule has 4 nitrogen and oxygen atoms in total. The Balaban J connectivity index is 1.83. The van der Waals surface area contributed by atoms with Crippen molar-refractivity contribution in [3.63, 3.8) is 0 Å². The second-order valence-electron chi connectivity index (χ2n) is 4.90. The highest BCUT2D eigenvalue weighted by atomic mass is 19.1. The van der Waals surface area contributed by atoms with Gasteiger partial charge in [-0.3, -0.25) is 9.59 Å². The quantitative estimate of drug-likeness (QED) is 0.785. The Bertz CT molecular complexity index is 533. The van der Waals surface area contributed by atoms with Crippen LogP contribution in [0.2, 0.25) is 0 Å². The van der Waals surface area contributed by atoms with Crippen LogP contribution in [0.1, 0.15) is 30.7 Å². The first-order valence-corrected chi connectivity index (χ1v) is 6.43. The van der Waals surface area contributed by atoms with Gasteiger partial charge in [0.1, 0.15) is 11.6 Å². The van der Waals surface area contributed by atoms with Gasteiger partial charge < -0.3 is 10.4 Å². The first-order valence-electron chi connectivity index (χ1n) is 6.43. The van der Waals surface area contributed by atoms with Gasteiger partial charge >= 0.3 is 5.97 Å². The molecule has 0 spiro atoms. The van der Waals surface area contributed by atoms with E-state index in [4.69, 9.17) is 5.11 Å². The summed E-state index contributed by atoms with van der Waals surface area (Å²) in [6.07, 6.45) is 0.838. The molecule has 1 aromatic rings. The first-order chi connectivity index (χ1) is 9.49. The van der Waals surface area contributed by atoms with E-state index in [1.165, 1.54) is 0 Å². The zero-order valence-electron chi connectivity index (χ0n) is 10.7. The Labute approximate surface area is 114 Å². The molecule has 0 aromatic heterocycles. The monoisotopic (exact) mass is 283 g/mol. The minimum Gasteiger partial charge on any atom is -0.481 e. The van der Waals surface area contributed by atoms with E-state index in [2.05, 4.69) is 5.32 Å². The van der Waals surface area contributed by atoms with Crippen LogP contribution in [0.4, 0.5) is 8.78 Å². The number of aliphatic carboxylic acids is 1. The third-order valence-electron chi connectivity index (χ3n) is 3.35. The molecule has 0 radical (unpaired) electrons. The van der Waals surface area contributed by atoms with Crippen LogP contribution in [0, 0.1) is 17.6 Å². The maximum Gasteiger partial charge on any atom is 0.303 e. The molecule has 1 aliphatic rings. The molecule has 2 atom stereocenters. The Hall–Kier alpha value is -1.98. The Morgan fingerprint density at radius 1 is 1.35 bits per heavy atom. The van der Waals surface area contributed by atoms with E-state index in [0.717, 1.165) is 18.2 Å². The van der Waals surface area contributed by atoms with E-state index in [-0.39, 0.29) is 36.3 Å². The summed E-state index contributed by atoms with van der Waals surface area (Å²) in [5, 5.41) is 11.1. The molecule has 0 aliphatic heterocycles. The molecule has 1 aromatic carbocycles. The van der Waals surface area contributed by atoms with Gasteiger partial charge in [0.2, 0.25) is 5.91 Å². The second kappa shape index (κ2) is 5.98. The summed E-state index contributed by atoms with van der Waals surface area (Å²) < 4.78 is 26.6. The van der Waals surface area contributed by atoms with Crippen LogP contribution in [0.15, 0.2) is 18.2 Å². The molecule has 0 saturated heterocycles. The van der Waals surface area contributed by atoms with Crippen molar-refractivity contribution in [3.05, 3.63) is 35.4 Å². The Morgan fingerprint density at radius 2 is 2.10 bits per heavy atom. The number of carbonyl (C=O) groups is 2. The highest BCUT2D eigenvalue weighted by Gasteiger charge is 2.45. The number of carboxylic acids is 1. The van der Waals surface area contributed by atoms with Crippen LogP contribution >= 0.6 is 0 Å². The predicted molar refractivity (Wildman–Crippen MR) is 67.1 cm³/mol. The third-order valence-corrected chi connectivity index (χ3v) is 3.35. The molecular formula is C14H15F2NO3. The number of benzene rings is 1. The number of carboxylic acid groups (broad SMARTS) is 1. The van der Waals surface area contributed by atoms with E-state index in [1.807, 2.05) is 0 Å². The number of amides is 1. The molecule has 1 amide bonds. The maximum absolute atomic E-state index is 13.5. The molecule has 6 heteroatoms. The van der Waals surface area contributed by atoms with Gasteiger partial charge in [-0.05, 0) is 42.5 Å². The lowest BCUT2D eigenvalue weighted by Gasteiger charge is -2.05. The number of hydrogen-bond acceptors (Lipinski definition) is 2. The number of carbonyl (C=O) groups excluding carboxylic acids is 1. The van der Waals surface area contributed by atoms with Crippen LogP contribution in [0.3, 0.4) is 0 Å². The molecule has 0 unspecified atom stereocenters. The van der Waals surface area contributed by atoms with Gasteiger partial charge in [0.25, 0.3) is 0 Å². The van der Waals surface area contributed by atoms with Gasteiger partial charge in [-0.1, -0.05) is 0 Å². The number of rotatable bonds is 6. The smallest absolute Gasteiger partial charge is 0.303 e. The van der Waals surface area contributed by atoms with Gasteiger partial charge in [-0.2, -0.15) is 0 Å². The van der Waals surface area contributed by atoms with Gasteiger partial charge in [0.15, 0.2) is 0 Å². The van der Waals surface area contributed by atoms with Crippen molar-refractivity contribution in [1.29, 1.82) is 0 Å². The fourth-order valence-corrected chi connectivity index (χ4v) is 2.21. The highest BCUT2D eigenvalue weighted by molar-refractivity contribution is 5.82. The molecule has 1 fully saturated rings. The van der Waals surface area contributed by atoms with E-state index in [9.17, 15) is 18.4 Å². The Kier molecular flexibility index (Phi) is 4.32. The normalized spacial score (nSPS) is 20.5. The van der Waals surface area contributed by atoms with Gasteiger partial charge in [0, 0.05) is 18.9 Å². The van der Waals surface area contributed by atoms with Crippen molar-refractivity contribution >= 4 is 11.9 Å². The molecule has 0 heterocycles. The van der Waals surface area contributed by atoms with Crippen LogP contribution < -0.4 is 5.32 Å². The van der Waals surface area contributed by atoms with Crippen molar-refractivity contribution in [2.24, 2.45) is 5.92 Å². The minimum atomic E-state index is -0.912. The average Bonchev–Trinajstić information content (AvgIpc) is 3.17. The molecule has 0 bridgehead atoms. The lowest BCUT2D eigenvalue weighted by molar-refractivity contribution is -0.137. The van der Waals surface area contributed by atoms with Crippen molar-refractivity contribution < 1.29 is 23.5 Å². The zero-order chi connectivity index (χ0) is 14.7. The summed E-state index contributed by atoms with van der Waals surface area (Å²) in [5.74, 6) is -2.80. The molecular weight excluding hydrogens is 268 g/mol. The van der Waals surface area contributed by atoms with Crippen LogP contribution in [0.5, 0.6) is 0 Å². The Morgan fingerprint density at radius 3 is 2.80 bits per heavy atom. The van der Waals surface area contributed by atoms with Crippen molar-refractivity contribution in [3.8, 4) is 0 Å². The lowest BCUT2D eigenvalue weighted by Crippen LogP contribution is -2.26. The molecule has 2 rings (SSSR count). The summed E-state index contributed by atoms with van der Waals surface area (Å²) in [4.78, 5) is 22.1. The van der Waals surface area contributed by atoms with Gasteiger partial charge in [-0.15, -0.1) is 0 Å². The number of hydrogen-bond donors (Lipinski definition) is 2. The van der Waals surface area contributed by atoms with Crippen LogP contribution in [-0.4, -0.2) is 23.5 Å². The van der Waals surface area contributed by atoms with Crippen molar-refractivity contribution in [1.82, 2.24) is 5.32 Å². The molecule has 20 heavy (non-hydrogen) atoms. The molecule has 108 valence electrons. The highest BCUT2D eigenvalue weighted by Crippen LogP contribution is 2.48. The van der Waals surface area contributed by atoms with Crippen LogP contribution in [0.25, 0.3) is 0 Å². The molecule has 1 aliphatic carbocycles. The second-order valence-corrected chi connectivity index (χ2v) is 4.90. The lowest BCUT2D eigenvalue weighted by atomic mass is 10.1. The average molecular weight is 283 g/mol. The maximum atomic E-state index is 13.5. The summed E-state index contributed by atoms with van der Waals surface area (Å²) in [5.41, 5.74) is 0.232. The summed E-state index contributed by atoms with van der Waals surface area (Å²) >= 11 is 0. The fraction of sp³-hybridized carbons (Fsp3) is 0.429. The third kappa shape index (κ3) is 3.53. The number of halogens is 2. The van der Waals surface area contributed by atoms with Crippen molar-refractivity contribution in [2.75, 3.05) is 6.54 Å². The van der Waals surface area contributed by atoms with E-state index in [0.29, 0.717) is 12.8 Å². The topological polar surface area (TPSA) is 66.4 Å². The van der Waals surface area contributed by atoms with Crippen LogP contribution in [-0.2, 0) is 9.59 Å². The molecule has 1 saturated carbocycles. The van der Waals surface area contributed by atoms with Gasteiger partial charge in [-0.25, -0.2) is 8.78 Å². The van der Waals surface area contributed by atoms with E-state index in [1.54, 1.807) is 0 Å². The standard InChI is InChI=1S/C14H15F2NO3/c15-8-3-4-12(16)10(6-8)9-7-11(9)14(20)17-5-1-2-13(18)19/h3-4,6,9,11H,1-2,5,7H2,(H,17,20)(H,18,19)/t9-,11+/m1/s1.